The van der Waals surface area contributed by atoms with Crippen LogP contribution in [0.5, 0.6) is 17.2 Å². The van der Waals surface area contributed by atoms with Gasteiger partial charge in [-0.1, -0.05) is 0 Å². The first-order valence-corrected chi connectivity index (χ1v) is 10.3. The highest BCUT2D eigenvalue weighted by Crippen LogP contribution is 2.39. The normalized spacial score (nSPS) is 14.6. The van der Waals surface area contributed by atoms with Crippen molar-refractivity contribution in [3.63, 3.8) is 0 Å². The number of Topliss-reactive ketones (excluding diaryl/α,β-unsaturated/α-hetero) is 1. The number of amides is 1. The van der Waals surface area contributed by atoms with Gasteiger partial charge in [0.1, 0.15) is 6.54 Å². The molecule has 1 aliphatic rings. The molecule has 1 N–H and O–H groups in total. The van der Waals surface area contributed by atoms with Crippen LogP contribution in [0, 0.1) is 0 Å². The number of nitrogens with one attached hydrogen (secondary N) is 1. The smallest absolute Gasteiger partial charge is 0.264 e. The number of quaternary nitrogens is 1. The van der Waals surface area contributed by atoms with Gasteiger partial charge in [0.05, 0.1) is 62.8 Å². The van der Waals surface area contributed by atoms with Crippen LogP contribution < -0.4 is 19.1 Å². The van der Waals surface area contributed by atoms with E-state index in [9.17, 15) is 9.59 Å². The van der Waals surface area contributed by atoms with Crippen LogP contribution in [0.1, 0.15) is 31.8 Å². The first-order chi connectivity index (χ1) is 14.0. The van der Waals surface area contributed by atoms with E-state index in [0.29, 0.717) is 40.1 Å². The third kappa shape index (κ3) is 4.54. The Hall–Kier alpha value is -2.58. The predicted octanol–water partition coefficient (Wildman–Crippen LogP) is 1.52. The van der Waals surface area contributed by atoms with Crippen LogP contribution in [-0.2, 0) is 6.54 Å². The molecule has 0 unspecified atom stereocenters. The molecule has 0 saturated carbocycles. The van der Waals surface area contributed by atoms with E-state index in [-0.39, 0.29) is 11.7 Å². The molecule has 8 heteroatoms. The largest absolute Gasteiger partial charge is 0.493 e. The van der Waals surface area contributed by atoms with Gasteiger partial charge >= 0.3 is 0 Å². The quantitative estimate of drug-likeness (QED) is 0.689. The maximum absolute atomic E-state index is 12.7. The van der Waals surface area contributed by atoms with Crippen molar-refractivity contribution in [1.29, 1.82) is 0 Å². The van der Waals surface area contributed by atoms with Crippen LogP contribution in [0.25, 0.3) is 0 Å². The van der Waals surface area contributed by atoms with Crippen LogP contribution in [0.4, 0.5) is 0 Å². The molecule has 156 valence electrons. The summed E-state index contributed by atoms with van der Waals surface area (Å²) in [4.78, 5) is 28.7. The minimum atomic E-state index is -0.00724. The zero-order valence-electron chi connectivity index (χ0n) is 17.2. The van der Waals surface area contributed by atoms with Crippen molar-refractivity contribution in [3.8, 4) is 17.2 Å². The van der Waals surface area contributed by atoms with Crippen LogP contribution in [-0.4, -0.2) is 64.1 Å². The Kier molecular flexibility index (Phi) is 6.76. The molecule has 1 amide bonds. The number of hydrogen-bond acceptors (Lipinski definition) is 6. The molecule has 0 radical (unpaired) electrons. The number of benzene rings is 1. The van der Waals surface area contributed by atoms with Crippen molar-refractivity contribution in [2.45, 2.75) is 13.5 Å². The second-order valence-corrected chi connectivity index (χ2v) is 8.02. The Morgan fingerprint density at radius 3 is 2.17 bits per heavy atom. The van der Waals surface area contributed by atoms with E-state index < -0.39 is 0 Å². The van der Waals surface area contributed by atoms with Crippen molar-refractivity contribution in [2.75, 3.05) is 47.5 Å². The lowest BCUT2D eigenvalue weighted by atomic mass is 10.1. The number of hydrogen-bond donors (Lipinski definition) is 1. The number of methoxy groups -OCH3 is 3. The minimum Gasteiger partial charge on any atom is -0.493 e. The molecule has 0 aliphatic carbocycles. The summed E-state index contributed by atoms with van der Waals surface area (Å²) < 4.78 is 16.4. The summed E-state index contributed by atoms with van der Waals surface area (Å²) in [5.74, 6) is 1.92. The van der Waals surface area contributed by atoms with E-state index in [1.54, 1.807) is 33.5 Å². The molecular formula is C21H27N2O5S+. The highest BCUT2D eigenvalue weighted by Gasteiger charge is 2.27. The van der Waals surface area contributed by atoms with Gasteiger partial charge in [0.25, 0.3) is 5.91 Å². The monoisotopic (exact) mass is 419 g/mol. The van der Waals surface area contributed by atoms with Gasteiger partial charge in [-0.15, -0.1) is 11.3 Å². The highest BCUT2D eigenvalue weighted by molar-refractivity contribution is 7.15. The highest BCUT2D eigenvalue weighted by atomic mass is 32.1. The van der Waals surface area contributed by atoms with E-state index in [1.807, 2.05) is 17.0 Å². The number of rotatable bonds is 7. The number of carbonyl (C=O) groups excluding carboxylic acids is 2. The molecular weight excluding hydrogens is 392 g/mol. The lowest BCUT2D eigenvalue weighted by Gasteiger charge is -2.32. The molecule has 1 aromatic heterocycles. The zero-order valence-corrected chi connectivity index (χ0v) is 18.1. The van der Waals surface area contributed by atoms with Crippen LogP contribution in [0.3, 0.4) is 0 Å². The minimum absolute atomic E-state index is 0.00486. The molecule has 1 saturated heterocycles. The number of ether oxygens (including phenoxy) is 3. The van der Waals surface area contributed by atoms with Crippen molar-refractivity contribution < 1.29 is 28.7 Å². The number of piperazine rings is 1. The topological polar surface area (TPSA) is 69.5 Å². The molecule has 0 spiro atoms. The summed E-state index contributed by atoms with van der Waals surface area (Å²) in [6, 6.07) is 7.36. The molecule has 2 aromatic rings. The molecule has 1 aromatic carbocycles. The lowest BCUT2D eigenvalue weighted by Crippen LogP contribution is -3.13. The van der Waals surface area contributed by atoms with Gasteiger partial charge in [-0.05, 0) is 31.2 Å². The van der Waals surface area contributed by atoms with E-state index in [4.69, 9.17) is 14.2 Å². The van der Waals surface area contributed by atoms with Gasteiger partial charge in [0.2, 0.25) is 5.75 Å². The third-order valence-corrected chi connectivity index (χ3v) is 6.32. The summed E-state index contributed by atoms with van der Waals surface area (Å²) in [5.41, 5.74) is 1.05. The van der Waals surface area contributed by atoms with Gasteiger partial charge in [-0.2, -0.15) is 0 Å². The molecule has 0 atom stereocenters. The fourth-order valence-corrected chi connectivity index (χ4v) is 4.44. The van der Waals surface area contributed by atoms with E-state index >= 15 is 0 Å². The van der Waals surface area contributed by atoms with Gasteiger partial charge in [-0.3, -0.25) is 9.59 Å². The molecule has 1 aliphatic heterocycles. The fourth-order valence-electron chi connectivity index (χ4n) is 3.57. The summed E-state index contributed by atoms with van der Waals surface area (Å²) in [6.45, 7) is 5.33. The SMILES string of the molecule is COc1ccc(C[NH+]2CCN(C(=O)c3ccc(C(C)=O)s3)CC2)c(OC)c1OC. The third-order valence-electron chi connectivity index (χ3n) is 5.15. The van der Waals surface area contributed by atoms with Gasteiger partial charge in [0.15, 0.2) is 17.3 Å². The maximum atomic E-state index is 12.7. The van der Waals surface area contributed by atoms with E-state index in [2.05, 4.69) is 0 Å². The number of ketones is 1. The van der Waals surface area contributed by atoms with Crippen molar-refractivity contribution in [2.24, 2.45) is 0 Å². The Balaban J connectivity index is 1.64. The lowest BCUT2D eigenvalue weighted by molar-refractivity contribution is -0.917. The first kappa shape index (κ1) is 21.1. The summed E-state index contributed by atoms with van der Waals surface area (Å²) >= 11 is 1.27. The second-order valence-electron chi connectivity index (χ2n) is 6.93. The van der Waals surface area contributed by atoms with Gasteiger partial charge < -0.3 is 24.0 Å². The van der Waals surface area contributed by atoms with Crippen molar-refractivity contribution >= 4 is 23.0 Å². The average Bonchev–Trinajstić information content (AvgIpc) is 3.24. The molecule has 1 fully saturated rings. The number of nitrogens with zero attached hydrogens (tertiary/aromatic N) is 1. The molecule has 3 rings (SSSR count). The second kappa shape index (κ2) is 9.28. The van der Waals surface area contributed by atoms with Crippen LogP contribution in [0.15, 0.2) is 24.3 Å². The molecule has 2 heterocycles. The zero-order chi connectivity index (χ0) is 21.0. The standard InChI is InChI=1S/C21H26N2O5S/c1-14(24)17-7-8-18(29-17)21(25)23-11-9-22(10-12-23)13-15-5-6-16(26-2)20(28-4)19(15)27-3/h5-8H,9-13H2,1-4H3/p+1. The first-order valence-electron chi connectivity index (χ1n) is 9.50. The molecule has 7 nitrogen and oxygen atoms in total. The summed E-state index contributed by atoms with van der Waals surface area (Å²) in [7, 11) is 4.83. The molecule has 0 bridgehead atoms. The van der Waals surface area contributed by atoms with E-state index in [0.717, 1.165) is 25.2 Å². The van der Waals surface area contributed by atoms with Crippen LogP contribution in [0.2, 0.25) is 0 Å². The van der Waals surface area contributed by atoms with Crippen LogP contribution >= 0.6 is 11.3 Å². The maximum Gasteiger partial charge on any atom is 0.264 e. The Morgan fingerprint density at radius 1 is 0.966 bits per heavy atom. The van der Waals surface area contributed by atoms with Crippen molar-refractivity contribution in [3.05, 3.63) is 39.6 Å². The Bertz CT molecular complexity index is 887. The van der Waals surface area contributed by atoms with Gasteiger partial charge in [-0.25, -0.2) is 0 Å². The van der Waals surface area contributed by atoms with Crippen molar-refractivity contribution in [1.82, 2.24) is 4.90 Å². The molecule has 29 heavy (non-hydrogen) atoms. The average molecular weight is 420 g/mol. The Morgan fingerprint density at radius 2 is 1.62 bits per heavy atom. The fraction of sp³-hybridized carbons (Fsp3) is 0.429. The number of carbonyl (C=O) groups is 2. The Labute approximate surface area is 174 Å². The summed E-state index contributed by atoms with van der Waals surface area (Å²) in [6.07, 6.45) is 0. The van der Waals surface area contributed by atoms with E-state index in [1.165, 1.54) is 23.2 Å². The predicted molar refractivity (Wildman–Crippen MR) is 111 cm³/mol. The number of thiophene rings is 1. The van der Waals surface area contributed by atoms with Gasteiger partial charge in [0, 0.05) is 0 Å². The summed E-state index contributed by atoms with van der Waals surface area (Å²) in [5, 5.41) is 0.